The Morgan fingerprint density at radius 2 is 2.11 bits per heavy atom. The molecular formula is C13H19Cl2N3O. The lowest BCUT2D eigenvalue weighted by Crippen LogP contribution is -2.43. The normalized spacial score (nSPS) is 25.9. The van der Waals surface area contributed by atoms with Crippen molar-refractivity contribution in [1.82, 2.24) is 14.8 Å². The van der Waals surface area contributed by atoms with Crippen molar-refractivity contribution in [3.63, 3.8) is 0 Å². The Morgan fingerprint density at radius 3 is 2.79 bits per heavy atom. The minimum absolute atomic E-state index is 0. The fourth-order valence-corrected chi connectivity index (χ4v) is 3.43. The van der Waals surface area contributed by atoms with Crippen LogP contribution in [0, 0.1) is 0 Å². The SMILES string of the molecule is Cl.Cn1cc(Cl)cc1C(=O)N1C2CCNCC1CC2. The first-order valence-electron chi connectivity index (χ1n) is 6.52. The van der Waals surface area contributed by atoms with Gasteiger partial charge in [-0.15, -0.1) is 12.4 Å². The summed E-state index contributed by atoms with van der Waals surface area (Å²) in [5.41, 5.74) is 0.693. The summed E-state index contributed by atoms with van der Waals surface area (Å²) in [6.07, 6.45) is 5.09. The van der Waals surface area contributed by atoms with E-state index in [0.29, 0.717) is 22.8 Å². The molecule has 2 atom stereocenters. The molecule has 3 rings (SSSR count). The van der Waals surface area contributed by atoms with E-state index in [1.807, 2.05) is 11.6 Å². The van der Waals surface area contributed by atoms with Crippen LogP contribution in [0.25, 0.3) is 0 Å². The van der Waals surface area contributed by atoms with Crippen molar-refractivity contribution in [2.75, 3.05) is 13.1 Å². The highest BCUT2D eigenvalue weighted by Gasteiger charge is 2.38. The number of aryl methyl sites for hydroxylation is 1. The van der Waals surface area contributed by atoms with Crippen molar-refractivity contribution in [3.05, 3.63) is 23.0 Å². The number of nitrogens with zero attached hydrogens (tertiary/aromatic N) is 2. The van der Waals surface area contributed by atoms with E-state index in [0.717, 1.165) is 32.4 Å². The maximum absolute atomic E-state index is 12.7. The van der Waals surface area contributed by atoms with Crippen LogP contribution < -0.4 is 5.32 Å². The molecule has 1 aromatic rings. The molecule has 2 aliphatic heterocycles. The number of fused-ring (bicyclic) bond motifs is 2. The lowest BCUT2D eigenvalue weighted by molar-refractivity contribution is 0.0670. The first kappa shape index (κ1) is 14.7. The van der Waals surface area contributed by atoms with Crippen LogP contribution in [-0.4, -0.2) is 40.5 Å². The smallest absolute Gasteiger partial charge is 0.271 e. The minimum atomic E-state index is 0. The number of hydrogen-bond acceptors (Lipinski definition) is 2. The molecule has 2 bridgehead atoms. The molecule has 0 radical (unpaired) electrons. The van der Waals surface area contributed by atoms with Crippen molar-refractivity contribution < 1.29 is 4.79 Å². The summed E-state index contributed by atoms with van der Waals surface area (Å²) in [6.45, 7) is 1.93. The van der Waals surface area contributed by atoms with Gasteiger partial charge < -0.3 is 14.8 Å². The van der Waals surface area contributed by atoms with Crippen LogP contribution >= 0.6 is 24.0 Å². The molecule has 0 aliphatic carbocycles. The van der Waals surface area contributed by atoms with Gasteiger partial charge in [-0.3, -0.25) is 4.79 Å². The topological polar surface area (TPSA) is 37.3 Å². The van der Waals surface area contributed by atoms with E-state index >= 15 is 0 Å². The second-order valence-electron chi connectivity index (χ2n) is 5.24. The summed E-state index contributed by atoms with van der Waals surface area (Å²) in [5.74, 6) is 0.126. The molecular weight excluding hydrogens is 285 g/mol. The number of rotatable bonds is 1. The molecule has 106 valence electrons. The summed E-state index contributed by atoms with van der Waals surface area (Å²) in [5, 5.41) is 4.03. The minimum Gasteiger partial charge on any atom is -0.345 e. The second-order valence-corrected chi connectivity index (χ2v) is 5.68. The van der Waals surface area contributed by atoms with Gasteiger partial charge in [0, 0.05) is 31.9 Å². The monoisotopic (exact) mass is 303 g/mol. The molecule has 1 N–H and O–H groups in total. The Hall–Kier alpha value is -0.710. The molecule has 1 aromatic heterocycles. The lowest BCUT2D eigenvalue weighted by atomic mass is 10.1. The molecule has 2 fully saturated rings. The average molecular weight is 304 g/mol. The first-order valence-corrected chi connectivity index (χ1v) is 6.90. The van der Waals surface area contributed by atoms with Crippen LogP contribution in [0.1, 0.15) is 29.8 Å². The van der Waals surface area contributed by atoms with Crippen molar-refractivity contribution in [1.29, 1.82) is 0 Å². The maximum atomic E-state index is 12.7. The van der Waals surface area contributed by atoms with Crippen LogP contribution in [0.3, 0.4) is 0 Å². The number of nitrogens with one attached hydrogen (secondary N) is 1. The fourth-order valence-electron chi connectivity index (χ4n) is 3.18. The van der Waals surface area contributed by atoms with Crippen molar-refractivity contribution in [3.8, 4) is 0 Å². The quantitative estimate of drug-likeness (QED) is 0.862. The molecule has 1 amide bonds. The number of carbonyl (C=O) groups excluding carboxylic acids is 1. The maximum Gasteiger partial charge on any atom is 0.271 e. The summed E-state index contributed by atoms with van der Waals surface area (Å²) in [6, 6.07) is 2.51. The standard InChI is InChI=1S/C13H18ClN3O.ClH/c1-16-8-9(14)6-12(16)13(18)17-10-2-3-11(17)7-15-5-4-10;/h6,8,10-11,15H,2-5,7H2,1H3;1H. The third kappa shape index (κ3) is 2.62. The predicted octanol–water partition coefficient (Wildman–Crippen LogP) is 2.07. The van der Waals surface area contributed by atoms with Gasteiger partial charge >= 0.3 is 0 Å². The molecule has 2 saturated heterocycles. The molecule has 0 spiro atoms. The molecule has 2 aliphatic rings. The highest BCUT2D eigenvalue weighted by atomic mass is 35.5. The molecule has 4 nitrogen and oxygen atoms in total. The van der Waals surface area contributed by atoms with Crippen LogP contribution in [-0.2, 0) is 7.05 Å². The van der Waals surface area contributed by atoms with Gasteiger partial charge in [-0.2, -0.15) is 0 Å². The first-order chi connectivity index (χ1) is 8.66. The summed E-state index contributed by atoms with van der Waals surface area (Å²) < 4.78 is 1.82. The van der Waals surface area contributed by atoms with Crippen LogP contribution in [0.15, 0.2) is 12.3 Å². The van der Waals surface area contributed by atoms with Gasteiger partial charge in [0.15, 0.2) is 0 Å². The van der Waals surface area contributed by atoms with Gasteiger partial charge in [0.1, 0.15) is 5.69 Å². The Kier molecular flexibility index (Phi) is 4.43. The van der Waals surface area contributed by atoms with Gasteiger partial charge in [-0.25, -0.2) is 0 Å². The Balaban J connectivity index is 0.00000133. The number of hydrogen-bond donors (Lipinski definition) is 1. The van der Waals surface area contributed by atoms with Crippen LogP contribution in [0.5, 0.6) is 0 Å². The van der Waals surface area contributed by atoms with E-state index in [2.05, 4.69) is 10.2 Å². The summed E-state index contributed by atoms with van der Waals surface area (Å²) in [4.78, 5) is 14.7. The van der Waals surface area contributed by atoms with Crippen LogP contribution in [0.4, 0.5) is 0 Å². The van der Waals surface area contributed by atoms with Gasteiger partial charge in [-0.1, -0.05) is 11.6 Å². The third-order valence-electron chi connectivity index (χ3n) is 4.08. The summed E-state index contributed by atoms with van der Waals surface area (Å²) in [7, 11) is 1.87. The highest BCUT2D eigenvalue weighted by Crippen LogP contribution is 2.30. The van der Waals surface area contributed by atoms with Crippen molar-refractivity contribution in [2.24, 2.45) is 7.05 Å². The van der Waals surface area contributed by atoms with Gasteiger partial charge in [0.25, 0.3) is 5.91 Å². The zero-order chi connectivity index (χ0) is 12.7. The fraction of sp³-hybridized carbons (Fsp3) is 0.615. The van der Waals surface area contributed by atoms with Gasteiger partial charge in [0.05, 0.1) is 5.02 Å². The van der Waals surface area contributed by atoms with E-state index in [1.165, 1.54) is 0 Å². The molecule has 19 heavy (non-hydrogen) atoms. The van der Waals surface area contributed by atoms with Gasteiger partial charge in [-0.05, 0) is 31.9 Å². The second kappa shape index (κ2) is 5.73. The van der Waals surface area contributed by atoms with E-state index in [4.69, 9.17) is 11.6 Å². The average Bonchev–Trinajstić information content (AvgIpc) is 2.76. The third-order valence-corrected chi connectivity index (χ3v) is 4.29. The molecule has 0 saturated carbocycles. The van der Waals surface area contributed by atoms with Crippen molar-refractivity contribution in [2.45, 2.75) is 31.3 Å². The number of amides is 1. The van der Waals surface area contributed by atoms with E-state index in [-0.39, 0.29) is 18.3 Å². The molecule has 3 heterocycles. The number of carbonyl (C=O) groups is 1. The molecule has 6 heteroatoms. The summed E-state index contributed by atoms with van der Waals surface area (Å²) >= 11 is 5.97. The van der Waals surface area contributed by atoms with Gasteiger partial charge in [0.2, 0.25) is 0 Å². The largest absolute Gasteiger partial charge is 0.345 e. The Bertz CT molecular complexity index is 460. The predicted molar refractivity (Wildman–Crippen MR) is 78.1 cm³/mol. The zero-order valence-corrected chi connectivity index (χ0v) is 12.5. The number of aromatic nitrogens is 1. The van der Waals surface area contributed by atoms with E-state index < -0.39 is 0 Å². The number of halogens is 2. The highest BCUT2D eigenvalue weighted by molar-refractivity contribution is 6.31. The Morgan fingerprint density at radius 1 is 1.37 bits per heavy atom. The molecule has 2 unspecified atom stereocenters. The lowest BCUT2D eigenvalue weighted by Gasteiger charge is -2.28. The molecule has 0 aromatic carbocycles. The van der Waals surface area contributed by atoms with Crippen molar-refractivity contribution >= 4 is 29.9 Å². The zero-order valence-electron chi connectivity index (χ0n) is 10.9. The Labute approximate surface area is 124 Å². The van der Waals surface area contributed by atoms with Crippen LogP contribution in [0.2, 0.25) is 5.02 Å². The van der Waals surface area contributed by atoms with E-state index in [9.17, 15) is 4.79 Å². The van der Waals surface area contributed by atoms with E-state index in [1.54, 1.807) is 12.3 Å².